The van der Waals surface area contributed by atoms with Gasteiger partial charge in [-0.3, -0.25) is 10.2 Å². The van der Waals surface area contributed by atoms with E-state index in [1.165, 1.54) is 11.0 Å². The molecular formula is C18H24N4O4S. The first-order valence-electron chi connectivity index (χ1n) is 8.63. The molecule has 1 fully saturated rings. The van der Waals surface area contributed by atoms with Crippen LogP contribution < -0.4 is 15.6 Å². The average molecular weight is 392 g/mol. The van der Waals surface area contributed by atoms with Gasteiger partial charge >= 0.3 is 0 Å². The second-order valence-electron chi connectivity index (χ2n) is 6.72. The van der Waals surface area contributed by atoms with Crippen molar-refractivity contribution in [3.8, 4) is 0 Å². The van der Waals surface area contributed by atoms with Gasteiger partial charge in [-0.25, -0.2) is 18.6 Å². The molecule has 2 aromatic rings. The maximum absolute atomic E-state index is 12.7. The summed E-state index contributed by atoms with van der Waals surface area (Å²) in [5, 5.41) is 0. The molecule has 0 radical (unpaired) electrons. The van der Waals surface area contributed by atoms with Gasteiger partial charge in [0.25, 0.3) is 0 Å². The Labute approximate surface area is 158 Å². The highest BCUT2D eigenvalue weighted by Crippen LogP contribution is 2.31. The SMILES string of the molecule is Cc1oc(C2NNCC2C(=O)N(C)C)cc1S(=O)(=O)NCc1ccccc1. The average Bonchev–Trinajstić information content (AvgIpc) is 3.27. The van der Waals surface area contributed by atoms with Crippen LogP contribution >= 0.6 is 0 Å². The summed E-state index contributed by atoms with van der Waals surface area (Å²) in [5.74, 6) is 0.268. The minimum atomic E-state index is -3.74. The highest BCUT2D eigenvalue weighted by atomic mass is 32.2. The van der Waals surface area contributed by atoms with Crippen LogP contribution in [0.25, 0.3) is 0 Å². The third kappa shape index (κ3) is 4.22. The lowest BCUT2D eigenvalue weighted by Crippen LogP contribution is -2.34. The van der Waals surface area contributed by atoms with Crippen LogP contribution in [0.2, 0.25) is 0 Å². The van der Waals surface area contributed by atoms with Gasteiger partial charge in [-0.15, -0.1) is 0 Å². The highest BCUT2D eigenvalue weighted by molar-refractivity contribution is 7.89. The summed E-state index contributed by atoms with van der Waals surface area (Å²) in [6.45, 7) is 2.23. The predicted octanol–water partition coefficient (Wildman–Crippen LogP) is 0.920. The molecule has 9 heteroatoms. The monoisotopic (exact) mass is 392 g/mol. The smallest absolute Gasteiger partial charge is 0.244 e. The molecule has 1 aliphatic heterocycles. The van der Waals surface area contributed by atoms with Gasteiger partial charge in [-0.1, -0.05) is 30.3 Å². The highest BCUT2D eigenvalue weighted by Gasteiger charge is 2.38. The number of aryl methyl sites for hydroxylation is 1. The third-order valence-electron chi connectivity index (χ3n) is 4.54. The van der Waals surface area contributed by atoms with E-state index in [0.717, 1.165) is 5.56 Å². The summed E-state index contributed by atoms with van der Waals surface area (Å²) in [7, 11) is -0.361. The second-order valence-corrected chi connectivity index (χ2v) is 8.46. The van der Waals surface area contributed by atoms with Crippen LogP contribution in [0.15, 0.2) is 45.7 Å². The van der Waals surface area contributed by atoms with Crippen LogP contribution in [-0.2, 0) is 21.4 Å². The van der Waals surface area contributed by atoms with E-state index in [1.54, 1.807) is 21.0 Å². The number of nitrogens with zero attached hydrogens (tertiary/aromatic N) is 1. The molecule has 3 N–H and O–H groups in total. The van der Waals surface area contributed by atoms with Crippen molar-refractivity contribution in [1.29, 1.82) is 0 Å². The fraction of sp³-hybridized carbons (Fsp3) is 0.389. The van der Waals surface area contributed by atoms with Crippen LogP contribution in [0.1, 0.15) is 23.1 Å². The summed E-state index contributed by atoms with van der Waals surface area (Å²) in [4.78, 5) is 13.9. The molecule has 2 atom stereocenters. The Morgan fingerprint density at radius 2 is 2.00 bits per heavy atom. The lowest BCUT2D eigenvalue weighted by atomic mass is 9.98. The number of hydrogen-bond acceptors (Lipinski definition) is 6. The Morgan fingerprint density at radius 3 is 2.67 bits per heavy atom. The van der Waals surface area contributed by atoms with Crippen molar-refractivity contribution in [2.45, 2.75) is 24.4 Å². The first-order valence-corrected chi connectivity index (χ1v) is 10.1. The van der Waals surface area contributed by atoms with Crippen LogP contribution in [0.5, 0.6) is 0 Å². The van der Waals surface area contributed by atoms with E-state index in [4.69, 9.17) is 4.42 Å². The van der Waals surface area contributed by atoms with Crippen LogP contribution in [-0.4, -0.2) is 39.9 Å². The van der Waals surface area contributed by atoms with Crippen molar-refractivity contribution in [2.75, 3.05) is 20.6 Å². The molecular weight excluding hydrogens is 368 g/mol. The van der Waals surface area contributed by atoms with Gasteiger partial charge in [0.2, 0.25) is 15.9 Å². The zero-order valence-corrected chi connectivity index (χ0v) is 16.3. The molecule has 0 spiro atoms. The third-order valence-corrected chi connectivity index (χ3v) is 6.05. The Morgan fingerprint density at radius 1 is 1.30 bits per heavy atom. The summed E-state index contributed by atoms with van der Waals surface area (Å²) in [6, 6.07) is 10.3. The number of hydrazine groups is 1. The molecule has 8 nitrogen and oxygen atoms in total. The number of carbonyl (C=O) groups is 1. The van der Waals surface area contributed by atoms with Gasteiger partial charge in [0.1, 0.15) is 16.4 Å². The van der Waals surface area contributed by atoms with Crippen molar-refractivity contribution in [1.82, 2.24) is 20.5 Å². The number of carbonyl (C=O) groups excluding carboxylic acids is 1. The molecule has 146 valence electrons. The normalized spacial score (nSPS) is 20.0. The van der Waals surface area contributed by atoms with Crippen LogP contribution in [0, 0.1) is 12.8 Å². The minimum absolute atomic E-state index is 0.0573. The van der Waals surface area contributed by atoms with E-state index >= 15 is 0 Å². The molecule has 1 aromatic heterocycles. The predicted molar refractivity (Wildman–Crippen MR) is 100.0 cm³/mol. The number of rotatable bonds is 6. The van der Waals surface area contributed by atoms with Crippen molar-refractivity contribution >= 4 is 15.9 Å². The van der Waals surface area contributed by atoms with E-state index in [1.807, 2.05) is 30.3 Å². The molecule has 1 aliphatic rings. The molecule has 1 saturated heterocycles. The minimum Gasteiger partial charge on any atom is -0.463 e. The second kappa shape index (κ2) is 7.81. The zero-order chi connectivity index (χ0) is 19.6. The Kier molecular flexibility index (Phi) is 5.66. The summed E-state index contributed by atoms with van der Waals surface area (Å²) >= 11 is 0. The van der Waals surface area contributed by atoms with Crippen molar-refractivity contribution in [2.24, 2.45) is 5.92 Å². The number of amides is 1. The van der Waals surface area contributed by atoms with E-state index < -0.39 is 16.1 Å². The number of nitrogens with one attached hydrogen (secondary N) is 3. The van der Waals surface area contributed by atoms with Crippen molar-refractivity contribution < 1.29 is 17.6 Å². The van der Waals surface area contributed by atoms with E-state index in [-0.39, 0.29) is 29.0 Å². The molecule has 0 saturated carbocycles. The van der Waals surface area contributed by atoms with Gasteiger partial charge in [0, 0.05) is 33.3 Å². The molecule has 1 amide bonds. The van der Waals surface area contributed by atoms with Gasteiger partial charge in [-0.05, 0) is 12.5 Å². The Bertz CT molecular complexity index is 909. The Hall–Kier alpha value is -2.20. The van der Waals surface area contributed by atoms with E-state index in [0.29, 0.717) is 12.3 Å². The summed E-state index contributed by atoms with van der Waals surface area (Å²) < 4.78 is 33.7. The fourth-order valence-corrected chi connectivity index (χ4v) is 4.29. The van der Waals surface area contributed by atoms with E-state index in [9.17, 15) is 13.2 Å². The molecule has 1 aromatic carbocycles. The largest absolute Gasteiger partial charge is 0.463 e. The van der Waals surface area contributed by atoms with Crippen LogP contribution in [0.4, 0.5) is 0 Å². The maximum atomic E-state index is 12.7. The fourth-order valence-electron chi connectivity index (χ4n) is 3.09. The van der Waals surface area contributed by atoms with Gasteiger partial charge in [-0.2, -0.15) is 0 Å². The summed E-state index contributed by atoms with van der Waals surface area (Å²) in [5.41, 5.74) is 6.81. The topological polar surface area (TPSA) is 104 Å². The molecule has 27 heavy (non-hydrogen) atoms. The van der Waals surface area contributed by atoms with Crippen LogP contribution in [0.3, 0.4) is 0 Å². The first kappa shape index (κ1) is 19.6. The zero-order valence-electron chi connectivity index (χ0n) is 15.5. The van der Waals surface area contributed by atoms with Crippen molar-refractivity contribution in [3.63, 3.8) is 0 Å². The van der Waals surface area contributed by atoms with Gasteiger partial charge in [0.05, 0.1) is 12.0 Å². The van der Waals surface area contributed by atoms with Gasteiger partial charge in [0.15, 0.2) is 0 Å². The molecule has 2 heterocycles. The number of furan rings is 1. The van der Waals surface area contributed by atoms with Crippen molar-refractivity contribution in [3.05, 3.63) is 53.5 Å². The van der Waals surface area contributed by atoms with Gasteiger partial charge < -0.3 is 9.32 Å². The quantitative estimate of drug-likeness (QED) is 0.675. The molecule has 2 unspecified atom stereocenters. The number of hydrogen-bond donors (Lipinski definition) is 3. The lowest BCUT2D eigenvalue weighted by Gasteiger charge is -2.19. The lowest BCUT2D eigenvalue weighted by molar-refractivity contribution is -0.133. The standard InChI is InChI=1S/C18H24N4O4S/c1-12-16(27(24,25)20-10-13-7-5-4-6-8-13)9-15(26-12)17-14(11-19-21-17)18(23)22(2)3/h4-9,14,17,19-21H,10-11H2,1-3H3. The Balaban J connectivity index is 1.80. The molecule has 3 rings (SSSR count). The van der Waals surface area contributed by atoms with E-state index in [2.05, 4.69) is 15.6 Å². The molecule has 0 bridgehead atoms. The number of sulfonamides is 1. The molecule has 0 aliphatic carbocycles. The number of benzene rings is 1. The summed E-state index contributed by atoms with van der Waals surface area (Å²) in [6.07, 6.45) is 0. The maximum Gasteiger partial charge on any atom is 0.244 e. The first-order chi connectivity index (χ1) is 12.8.